The summed E-state index contributed by atoms with van der Waals surface area (Å²) in [6, 6.07) is 13.5. The van der Waals surface area contributed by atoms with Crippen LogP contribution >= 0.6 is 11.3 Å². The number of non-ortho nitro benzene ring substituents is 1. The summed E-state index contributed by atoms with van der Waals surface area (Å²) >= 11 is 1.14. The van der Waals surface area contributed by atoms with Gasteiger partial charge in [0.25, 0.3) is 11.6 Å². The van der Waals surface area contributed by atoms with E-state index in [1.165, 1.54) is 18.2 Å². The molecule has 172 valence electrons. The van der Waals surface area contributed by atoms with E-state index in [1.807, 2.05) is 18.2 Å². The number of nitro benzene ring substituents is 1. The van der Waals surface area contributed by atoms with Crippen molar-refractivity contribution in [1.82, 2.24) is 0 Å². The molecule has 0 unspecified atom stereocenters. The van der Waals surface area contributed by atoms with E-state index in [2.05, 4.69) is 19.2 Å². The molecule has 0 bridgehead atoms. The quantitative estimate of drug-likeness (QED) is 0.247. The predicted molar refractivity (Wildman–Crippen MR) is 127 cm³/mol. The van der Waals surface area contributed by atoms with E-state index in [-0.39, 0.29) is 24.5 Å². The molecule has 33 heavy (non-hydrogen) atoms. The van der Waals surface area contributed by atoms with Crippen molar-refractivity contribution in [2.24, 2.45) is 0 Å². The molecular weight excluding hydrogens is 444 g/mol. The molecule has 0 saturated carbocycles. The van der Waals surface area contributed by atoms with Crippen LogP contribution in [0, 0.1) is 10.1 Å². The van der Waals surface area contributed by atoms with Gasteiger partial charge in [0.1, 0.15) is 16.3 Å². The largest absolute Gasteiger partial charge is 0.484 e. The zero-order valence-electron chi connectivity index (χ0n) is 18.5. The lowest BCUT2D eigenvalue weighted by Gasteiger charge is -2.11. The molecule has 0 aliphatic heterocycles. The maximum absolute atomic E-state index is 12.7. The van der Waals surface area contributed by atoms with Crippen molar-refractivity contribution in [3.05, 3.63) is 75.2 Å². The number of anilines is 1. The first-order valence-corrected chi connectivity index (χ1v) is 11.2. The maximum Gasteiger partial charge on any atom is 0.341 e. The summed E-state index contributed by atoms with van der Waals surface area (Å²) in [5.74, 6) is -0.164. The first-order valence-electron chi connectivity index (χ1n) is 10.4. The number of thiophene rings is 1. The number of carbonyl (C=O) groups excluding carboxylic acids is 2. The lowest BCUT2D eigenvalue weighted by Crippen LogP contribution is -2.21. The Morgan fingerprint density at radius 2 is 1.91 bits per heavy atom. The van der Waals surface area contributed by atoms with E-state index in [0.717, 1.165) is 16.9 Å². The van der Waals surface area contributed by atoms with Gasteiger partial charge in [0.15, 0.2) is 6.61 Å². The highest BCUT2D eigenvalue weighted by Gasteiger charge is 2.24. The number of nitro groups is 1. The Balaban J connectivity index is 1.82. The van der Waals surface area contributed by atoms with E-state index in [0.29, 0.717) is 27.8 Å². The average Bonchev–Trinajstić information content (AvgIpc) is 3.21. The molecule has 0 radical (unpaired) electrons. The van der Waals surface area contributed by atoms with Gasteiger partial charge in [-0.15, -0.1) is 11.3 Å². The molecule has 1 N–H and O–H groups in total. The van der Waals surface area contributed by atoms with Crippen molar-refractivity contribution in [3.63, 3.8) is 0 Å². The van der Waals surface area contributed by atoms with Gasteiger partial charge in [0.05, 0.1) is 11.5 Å². The molecule has 1 heterocycles. The fourth-order valence-electron chi connectivity index (χ4n) is 3.13. The van der Waals surface area contributed by atoms with Crippen LogP contribution in [-0.4, -0.2) is 30.0 Å². The Kier molecular flexibility index (Phi) is 7.78. The van der Waals surface area contributed by atoms with Crippen molar-refractivity contribution in [1.29, 1.82) is 0 Å². The van der Waals surface area contributed by atoms with Crippen molar-refractivity contribution >= 4 is 33.9 Å². The van der Waals surface area contributed by atoms with Gasteiger partial charge in [0.2, 0.25) is 0 Å². The number of carbonyl (C=O) groups is 2. The van der Waals surface area contributed by atoms with Crippen LogP contribution in [-0.2, 0) is 9.53 Å². The van der Waals surface area contributed by atoms with E-state index in [9.17, 15) is 19.7 Å². The SMILES string of the molecule is CCOC(=O)c1c(-c2cccc([N+](=O)[O-])c2)csc1NC(=O)COc1cccc(C(C)C)c1. The Hall–Kier alpha value is -3.72. The number of hydrogen-bond acceptors (Lipinski definition) is 7. The minimum absolute atomic E-state index is 0.101. The Morgan fingerprint density at radius 3 is 2.61 bits per heavy atom. The van der Waals surface area contributed by atoms with Crippen molar-refractivity contribution in [2.75, 3.05) is 18.5 Å². The van der Waals surface area contributed by atoms with Crippen molar-refractivity contribution in [3.8, 4) is 16.9 Å². The van der Waals surface area contributed by atoms with E-state index >= 15 is 0 Å². The fraction of sp³-hybridized carbons (Fsp3) is 0.250. The van der Waals surface area contributed by atoms with Gasteiger partial charge in [-0.3, -0.25) is 14.9 Å². The monoisotopic (exact) mass is 468 g/mol. The molecule has 0 spiro atoms. The van der Waals surface area contributed by atoms with Crippen LogP contribution in [0.5, 0.6) is 5.75 Å². The number of hydrogen-bond donors (Lipinski definition) is 1. The third kappa shape index (κ3) is 5.95. The highest BCUT2D eigenvalue weighted by atomic mass is 32.1. The van der Waals surface area contributed by atoms with Gasteiger partial charge in [-0.25, -0.2) is 4.79 Å². The summed E-state index contributed by atoms with van der Waals surface area (Å²) < 4.78 is 10.8. The third-order valence-electron chi connectivity index (χ3n) is 4.79. The summed E-state index contributed by atoms with van der Waals surface area (Å²) in [5.41, 5.74) is 2.07. The number of nitrogens with zero attached hydrogens (tertiary/aromatic N) is 1. The van der Waals surface area contributed by atoms with Crippen molar-refractivity contribution < 1.29 is 24.0 Å². The lowest BCUT2D eigenvalue weighted by atomic mass is 10.0. The van der Waals surface area contributed by atoms with Gasteiger partial charge in [-0.2, -0.15) is 0 Å². The molecule has 3 rings (SSSR count). The molecule has 0 atom stereocenters. The second-order valence-corrected chi connectivity index (χ2v) is 8.33. The van der Waals surface area contributed by atoms with Crippen LogP contribution in [0.1, 0.15) is 42.6 Å². The Bertz CT molecular complexity index is 1170. The maximum atomic E-state index is 12.7. The lowest BCUT2D eigenvalue weighted by molar-refractivity contribution is -0.384. The van der Waals surface area contributed by atoms with Crippen LogP contribution in [0.3, 0.4) is 0 Å². The van der Waals surface area contributed by atoms with Gasteiger partial charge in [0, 0.05) is 23.1 Å². The molecule has 0 aliphatic rings. The van der Waals surface area contributed by atoms with Gasteiger partial charge >= 0.3 is 5.97 Å². The summed E-state index contributed by atoms with van der Waals surface area (Å²) in [6.45, 7) is 5.71. The van der Waals surface area contributed by atoms with Gasteiger partial charge in [-0.05, 0) is 36.1 Å². The number of rotatable bonds is 9. The summed E-state index contributed by atoms with van der Waals surface area (Å²) in [4.78, 5) is 35.9. The molecule has 3 aromatic rings. The molecule has 0 fully saturated rings. The smallest absolute Gasteiger partial charge is 0.341 e. The summed E-state index contributed by atoms with van der Waals surface area (Å²) in [6.07, 6.45) is 0. The van der Waals surface area contributed by atoms with E-state index < -0.39 is 16.8 Å². The zero-order chi connectivity index (χ0) is 24.0. The van der Waals surface area contributed by atoms with E-state index in [1.54, 1.807) is 24.4 Å². The van der Waals surface area contributed by atoms with Crippen LogP contribution in [0.2, 0.25) is 0 Å². The zero-order valence-corrected chi connectivity index (χ0v) is 19.3. The normalized spacial score (nSPS) is 10.7. The summed E-state index contributed by atoms with van der Waals surface area (Å²) in [5, 5.41) is 15.8. The molecule has 9 heteroatoms. The Morgan fingerprint density at radius 1 is 1.15 bits per heavy atom. The third-order valence-corrected chi connectivity index (χ3v) is 5.68. The fourth-order valence-corrected chi connectivity index (χ4v) is 4.10. The number of esters is 1. The average molecular weight is 469 g/mol. The topological polar surface area (TPSA) is 108 Å². The van der Waals surface area contributed by atoms with Crippen LogP contribution in [0.25, 0.3) is 11.1 Å². The molecule has 0 aliphatic carbocycles. The summed E-state index contributed by atoms with van der Waals surface area (Å²) in [7, 11) is 0. The standard InChI is InChI=1S/C24H24N2O6S/c1-4-31-24(28)22-20(17-8-5-9-18(11-17)26(29)30)14-33-23(22)25-21(27)13-32-19-10-6-7-16(12-19)15(2)3/h5-12,14-15H,4,13H2,1-3H3,(H,25,27). The highest BCUT2D eigenvalue weighted by Crippen LogP contribution is 2.37. The first kappa shape index (κ1) is 23.9. The van der Waals surface area contributed by atoms with Gasteiger partial charge in [-0.1, -0.05) is 38.1 Å². The minimum Gasteiger partial charge on any atom is -0.484 e. The minimum atomic E-state index is -0.624. The molecular formula is C24H24N2O6S. The van der Waals surface area contributed by atoms with Crippen molar-refractivity contribution in [2.45, 2.75) is 26.7 Å². The molecule has 0 saturated heterocycles. The molecule has 1 amide bonds. The predicted octanol–water partition coefficient (Wildman–Crippen LogP) is 5.64. The van der Waals surface area contributed by atoms with Crippen LogP contribution in [0.15, 0.2) is 53.9 Å². The second kappa shape index (κ2) is 10.7. The Labute approximate surface area is 195 Å². The van der Waals surface area contributed by atoms with Gasteiger partial charge < -0.3 is 14.8 Å². The second-order valence-electron chi connectivity index (χ2n) is 7.45. The molecule has 2 aromatic carbocycles. The van der Waals surface area contributed by atoms with Crippen LogP contribution in [0.4, 0.5) is 10.7 Å². The van der Waals surface area contributed by atoms with Crippen LogP contribution < -0.4 is 10.1 Å². The number of benzene rings is 2. The van der Waals surface area contributed by atoms with E-state index in [4.69, 9.17) is 9.47 Å². The number of ether oxygens (including phenoxy) is 2. The first-order chi connectivity index (χ1) is 15.8. The highest BCUT2D eigenvalue weighted by molar-refractivity contribution is 7.15. The number of amides is 1. The molecule has 8 nitrogen and oxygen atoms in total. The number of nitrogens with one attached hydrogen (secondary N) is 1. The molecule has 1 aromatic heterocycles.